The molecular formula is C14H9ClN4O2. The van der Waals surface area contributed by atoms with Crippen LogP contribution in [-0.4, -0.2) is 20.5 Å². The zero-order chi connectivity index (χ0) is 14.8. The van der Waals surface area contributed by atoms with Gasteiger partial charge >= 0.3 is 5.97 Å². The van der Waals surface area contributed by atoms with Crippen molar-refractivity contribution in [2.75, 3.05) is 0 Å². The quantitative estimate of drug-likeness (QED) is 0.739. The number of hydrogen-bond acceptors (Lipinski definition) is 4. The summed E-state index contributed by atoms with van der Waals surface area (Å²) in [4.78, 5) is 15.3. The molecule has 0 aliphatic carbocycles. The summed E-state index contributed by atoms with van der Waals surface area (Å²) in [5.74, 6) is -1.05. The van der Waals surface area contributed by atoms with Crippen molar-refractivity contribution in [1.29, 1.82) is 0 Å². The lowest BCUT2D eigenvalue weighted by Crippen LogP contribution is -1.96. The van der Waals surface area contributed by atoms with Gasteiger partial charge in [0, 0.05) is 6.20 Å². The van der Waals surface area contributed by atoms with Gasteiger partial charge in [0.25, 0.3) is 0 Å². The first-order valence-electron chi connectivity index (χ1n) is 6.03. The van der Waals surface area contributed by atoms with E-state index in [2.05, 4.69) is 15.2 Å². The molecule has 0 bridgehead atoms. The minimum Gasteiger partial charge on any atom is -0.476 e. The maximum absolute atomic E-state index is 11.3. The van der Waals surface area contributed by atoms with Crippen LogP contribution in [0.15, 0.2) is 58.9 Å². The first-order valence-corrected chi connectivity index (χ1v) is 6.41. The summed E-state index contributed by atoms with van der Waals surface area (Å²) in [6.45, 7) is 0. The summed E-state index contributed by atoms with van der Waals surface area (Å²) in [5, 5.41) is 17.6. The SMILES string of the molecule is O=C(O)c1nc2c(Cl)cccn2c1N=Nc1ccccc1. The number of azo groups is 1. The van der Waals surface area contributed by atoms with Gasteiger partial charge in [-0.25, -0.2) is 9.78 Å². The number of rotatable bonds is 3. The Morgan fingerprint density at radius 1 is 1.14 bits per heavy atom. The Labute approximate surface area is 124 Å². The number of pyridine rings is 1. The molecular weight excluding hydrogens is 292 g/mol. The topological polar surface area (TPSA) is 79.3 Å². The number of benzene rings is 1. The number of carboxylic acid groups (broad SMARTS) is 1. The molecule has 1 N–H and O–H groups in total. The highest BCUT2D eigenvalue weighted by Gasteiger charge is 2.19. The van der Waals surface area contributed by atoms with Gasteiger partial charge in [0.15, 0.2) is 17.2 Å². The third kappa shape index (κ3) is 2.48. The molecule has 2 heterocycles. The third-order valence-electron chi connectivity index (χ3n) is 2.80. The van der Waals surface area contributed by atoms with Crippen LogP contribution in [0.4, 0.5) is 11.5 Å². The van der Waals surface area contributed by atoms with E-state index in [-0.39, 0.29) is 11.5 Å². The smallest absolute Gasteiger partial charge is 0.358 e. The molecule has 3 rings (SSSR count). The van der Waals surface area contributed by atoms with Gasteiger partial charge in [-0.15, -0.1) is 10.2 Å². The molecule has 0 fully saturated rings. The van der Waals surface area contributed by atoms with Crippen molar-refractivity contribution in [3.05, 3.63) is 59.4 Å². The lowest BCUT2D eigenvalue weighted by molar-refractivity contribution is 0.0692. The molecule has 0 saturated heterocycles. The number of imidazole rings is 1. The molecule has 1 aromatic carbocycles. The van der Waals surface area contributed by atoms with E-state index >= 15 is 0 Å². The Morgan fingerprint density at radius 2 is 1.90 bits per heavy atom. The predicted octanol–water partition coefficient (Wildman–Crippen LogP) is 4.10. The second-order valence-electron chi connectivity index (χ2n) is 4.17. The van der Waals surface area contributed by atoms with E-state index in [1.165, 1.54) is 4.40 Å². The zero-order valence-electron chi connectivity index (χ0n) is 10.6. The maximum atomic E-state index is 11.3. The molecule has 0 amide bonds. The summed E-state index contributed by atoms with van der Waals surface area (Å²) >= 11 is 6.02. The van der Waals surface area contributed by atoms with Gasteiger partial charge in [-0.2, -0.15) is 0 Å². The maximum Gasteiger partial charge on any atom is 0.358 e. The summed E-state index contributed by atoms with van der Waals surface area (Å²) < 4.78 is 1.50. The lowest BCUT2D eigenvalue weighted by Gasteiger charge is -1.97. The molecule has 0 spiro atoms. The molecule has 21 heavy (non-hydrogen) atoms. The van der Waals surface area contributed by atoms with E-state index in [1.807, 2.05) is 18.2 Å². The van der Waals surface area contributed by atoms with E-state index < -0.39 is 5.97 Å². The summed E-state index contributed by atoms with van der Waals surface area (Å²) in [6.07, 6.45) is 1.64. The number of halogens is 1. The largest absolute Gasteiger partial charge is 0.476 e. The molecule has 0 radical (unpaired) electrons. The van der Waals surface area contributed by atoms with Gasteiger partial charge in [-0.05, 0) is 24.3 Å². The molecule has 0 atom stereocenters. The monoisotopic (exact) mass is 300 g/mol. The number of nitrogens with zero attached hydrogens (tertiary/aromatic N) is 4. The molecule has 0 aliphatic heterocycles. The standard InChI is InChI=1S/C14H9ClN4O2/c15-10-7-4-8-19-12(10)16-11(14(20)21)13(19)18-17-9-5-2-1-3-6-9/h1-8H,(H,20,21). The fourth-order valence-corrected chi connectivity index (χ4v) is 2.07. The Hall–Kier alpha value is -2.73. The number of hydrogen-bond donors (Lipinski definition) is 1. The molecule has 104 valence electrons. The Balaban J connectivity index is 2.16. The van der Waals surface area contributed by atoms with Crippen molar-refractivity contribution >= 4 is 34.7 Å². The fourth-order valence-electron chi connectivity index (χ4n) is 1.86. The molecule has 0 unspecified atom stereocenters. The van der Waals surface area contributed by atoms with E-state index in [0.29, 0.717) is 16.4 Å². The third-order valence-corrected chi connectivity index (χ3v) is 3.09. The van der Waals surface area contributed by atoms with Gasteiger partial charge in [0.1, 0.15) is 0 Å². The Morgan fingerprint density at radius 3 is 2.62 bits per heavy atom. The first kappa shape index (κ1) is 13.3. The molecule has 0 aliphatic rings. The molecule has 0 saturated carbocycles. The van der Waals surface area contributed by atoms with Crippen molar-refractivity contribution in [2.24, 2.45) is 10.2 Å². The minimum atomic E-state index is -1.18. The average molecular weight is 301 g/mol. The van der Waals surface area contributed by atoms with E-state index in [0.717, 1.165) is 0 Å². The van der Waals surface area contributed by atoms with Crippen LogP contribution < -0.4 is 0 Å². The second-order valence-corrected chi connectivity index (χ2v) is 4.58. The van der Waals surface area contributed by atoms with E-state index in [4.69, 9.17) is 11.6 Å². The number of carboxylic acids is 1. The number of carbonyl (C=O) groups is 1. The van der Waals surface area contributed by atoms with Crippen LogP contribution in [0, 0.1) is 0 Å². The minimum absolute atomic E-state index is 0.129. The second kappa shape index (κ2) is 5.34. The van der Waals surface area contributed by atoms with Crippen molar-refractivity contribution in [2.45, 2.75) is 0 Å². The summed E-state index contributed by atoms with van der Waals surface area (Å²) in [7, 11) is 0. The van der Waals surface area contributed by atoms with Gasteiger partial charge in [0.2, 0.25) is 0 Å². The van der Waals surface area contributed by atoms with Crippen LogP contribution in [0.1, 0.15) is 10.5 Å². The average Bonchev–Trinajstić information content (AvgIpc) is 2.87. The van der Waals surface area contributed by atoms with E-state index in [9.17, 15) is 9.90 Å². The van der Waals surface area contributed by atoms with Crippen LogP contribution in [0.3, 0.4) is 0 Å². The Kier molecular flexibility index (Phi) is 3.37. The molecule has 7 heteroatoms. The van der Waals surface area contributed by atoms with Crippen molar-refractivity contribution < 1.29 is 9.90 Å². The summed E-state index contributed by atoms with van der Waals surface area (Å²) in [6, 6.07) is 12.3. The molecule has 6 nitrogen and oxygen atoms in total. The van der Waals surface area contributed by atoms with Crippen molar-refractivity contribution in [3.63, 3.8) is 0 Å². The summed E-state index contributed by atoms with van der Waals surface area (Å²) in [5.41, 5.74) is 0.757. The highest BCUT2D eigenvalue weighted by Crippen LogP contribution is 2.27. The van der Waals surface area contributed by atoms with E-state index in [1.54, 1.807) is 30.5 Å². The van der Waals surface area contributed by atoms with Crippen LogP contribution in [0.2, 0.25) is 5.02 Å². The Bertz CT molecular complexity index is 843. The van der Waals surface area contributed by atoms with Gasteiger partial charge in [-0.1, -0.05) is 29.8 Å². The molecule has 2 aromatic heterocycles. The zero-order valence-corrected chi connectivity index (χ0v) is 11.4. The van der Waals surface area contributed by atoms with Gasteiger partial charge < -0.3 is 5.11 Å². The first-order chi connectivity index (χ1) is 10.2. The number of aromatic carboxylic acids is 1. The predicted molar refractivity (Wildman–Crippen MR) is 77.8 cm³/mol. The highest BCUT2D eigenvalue weighted by molar-refractivity contribution is 6.33. The van der Waals surface area contributed by atoms with Crippen LogP contribution in [-0.2, 0) is 0 Å². The lowest BCUT2D eigenvalue weighted by atomic mass is 10.3. The van der Waals surface area contributed by atoms with Crippen LogP contribution in [0.5, 0.6) is 0 Å². The van der Waals surface area contributed by atoms with Gasteiger partial charge in [-0.3, -0.25) is 4.40 Å². The van der Waals surface area contributed by atoms with Crippen LogP contribution in [0.25, 0.3) is 5.65 Å². The van der Waals surface area contributed by atoms with Crippen molar-refractivity contribution in [3.8, 4) is 0 Å². The fraction of sp³-hybridized carbons (Fsp3) is 0. The van der Waals surface area contributed by atoms with Gasteiger partial charge in [0.05, 0.1) is 10.7 Å². The van der Waals surface area contributed by atoms with Crippen molar-refractivity contribution in [1.82, 2.24) is 9.38 Å². The molecule has 3 aromatic rings. The highest BCUT2D eigenvalue weighted by atomic mass is 35.5. The normalized spacial score (nSPS) is 11.3. The number of fused-ring (bicyclic) bond motifs is 1. The van der Waals surface area contributed by atoms with Crippen LogP contribution >= 0.6 is 11.6 Å². The number of aromatic nitrogens is 2.